The van der Waals surface area contributed by atoms with Gasteiger partial charge >= 0.3 is 0 Å². The molecule has 0 aliphatic heterocycles. The fourth-order valence-electron chi connectivity index (χ4n) is 0.561. The zero-order chi connectivity index (χ0) is 7.78. The summed E-state index contributed by atoms with van der Waals surface area (Å²) >= 11 is 0. The molecule has 56 valence electrons. The average molecular weight is 141 g/mol. The van der Waals surface area contributed by atoms with Crippen LogP contribution in [0.2, 0.25) is 0 Å². The van der Waals surface area contributed by atoms with E-state index < -0.39 is 5.54 Å². The van der Waals surface area contributed by atoms with Crippen LogP contribution >= 0.6 is 0 Å². The van der Waals surface area contributed by atoms with Gasteiger partial charge in [-0.1, -0.05) is 5.16 Å². The van der Waals surface area contributed by atoms with Gasteiger partial charge in [-0.3, -0.25) is 0 Å². The van der Waals surface area contributed by atoms with Crippen molar-refractivity contribution in [2.24, 2.45) is 5.73 Å². The molecule has 4 heteroatoms. The van der Waals surface area contributed by atoms with E-state index in [-0.39, 0.29) is 0 Å². The van der Waals surface area contributed by atoms with E-state index in [0.717, 1.165) is 0 Å². The highest BCUT2D eigenvalue weighted by atomic mass is 16.5. The van der Waals surface area contributed by atoms with Crippen molar-refractivity contribution in [3.8, 4) is 0 Å². The third-order valence-electron chi connectivity index (χ3n) is 1.10. The molecule has 0 radical (unpaired) electrons. The molecule has 1 aromatic heterocycles. The molecule has 0 aromatic carbocycles. The highest BCUT2D eigenvalue weighted by Gasteiger charge is 2.19. The summed E-state index contributed by atoms with van der Waals surface area (Å²) in [5.74, 6) is 1.10. The van der Waals surface area contributed by atoms with Crippen molar-refractivity contribution in [1.29, 1.82) is 0 Å². The van der Waals surface area contributed by atoms with E-state index in [1.807, 2.05) is 13.8 Å². The van der Waals surface area contributed by atoms with Gasteiger partial charge in [-0.2, -0.15) is 4.98 Å². The molecule has 4 nitrogen and oxygen atoms in total. The first-order valence-corrected chi connectivity index (χ1v) is 3.10. The molecule has 1 aromatic rings. The van der Waals surface area contributed by atoms with E-state index in [1.165, 1.54) is 0 Å². The monoisotopic (exact) mass is 141 g/mol. The van der Waals surface area contributed by atoms with Crippen LogP contribution in [0.25, 0.3) is 0 Å². The van der Waals surface area contributed by atoms with Crippen molar-refractivity contribution >= 4 is 0 Å². The summed E-state index contributed by atoms with van der Waals surface area (Å²) in [6.07, 6.45) is 0. The van der Waals surface area contributed by atoms with Gasteiger partial charge in [0.1, 0.15) is 0 Å². The van der Waals surface area contributed by atoms with E-state index in [2.05, 4.69) is 10.1 Å². The van der Waals surface area contributed by atoms with Crippen LogP contribution < -0.4 is 5.73 Å². The molecule has 0 fully saturated rings. The zero-order valence-corrected chi connectivity index (χ0v) is 6.38. The lowest BCUT2D eigenvalue weighted by Gasteiger charge is -2.11. The van der Waals surface area contributed by atoms with E-state index >= 15 is 0 Å². The van der Waals surface area contributed by atoms with Gasteiger partial charge in [-0.05, 0) is 13.8 Å². The molecule has 0 saturated carbocycles. The fourth-order valence-corrected chi connectivity index (χ4v) is 0.561. The molecular formula is C6H11N3O. The highest BCUT2D eigenvalue weighted by Crippen LogP contribution is 2.11. The Labute approximate surface area is 59.4 Å². The van der Waals surface area contributed by atoms with E-state index in [4.69, 9.17) is 10.3 Å². The topological polar surface area (TPSA) is 64.9 Å². The summed E-state index contributed by atoms with van der Waals surface area (Å²) in [5, 5.41) is 3.68. The molecule has 0 amide bonds. The number of hydrogen-bond acceptors (Lipinski definition) is 4. The molecule has 0 aliphatic rings. The Balaban J connectivity index is 2.96. The predicted octanol–water partition coefficient (Wildman–Crippen LogP) is 0.572. The molecule has 0 aliphatic carbocycles. The summed E-state index contributed by atoms with van der Waals surface area (Å²) in [6.45, 7) is 5.40. The van der Waals surface area contributed by atoms with Crippen LogP contribution in [0, 0.1) is 6.92 Å². The first-order chi connectivity index (χ1) is 4.50. The van der Waals surface area contributed by atoms with Crippen LogP contribution in [0.4, 0.5) is 0 Å². The van der Waals surface area contributed by atoms with E-state index in [1.54, 1.807) is 6.92 Å². The van der Waals surface area contributed by atoms with Gasteiger partial charge in [0.05, 0.1) is 5.54 Å². The maximum Gasteiger partial charge on any atom is 0.223 e. The van der Waals surface area contributed by atoms with Gasteiger partial charge in [0, 0.05) is 6.92 Å². The minimum absolute atomic E-state index is 0.502. The van der Waals surface area contributed by atoms with Gasteiger partial charge < -0.3 is 10.3 Å². The maximum absolute atomic E-state index is 5.69. The number of hydrogen-bond donors (Lipinski definition) is 1. The number of nitrogens with zero attached hydrogens (tertiary/aromatic N) is 2. The summed E-state index contributed by atoms with van der Waals surface area (Å²) in [7, 11) is 0. The van der Waals surface area contributed by atoms with E-state index in [0.29, 0.717) is 11.7 Å². The predicted molar refractivity (Wildman–Crippen MR) is 36.2 cm³/mol. The Kier molecular flexibility index (Phi) is 1.48. The van der Waals surface area contributed by atoms with Crippen LogP contribution in [0.3, 0.4) is 0 Å². The molecule has 2 N–H and O–H groups in total. The lowest BCUT2D eigenvalue weighted by molar-refractivity contribution is 0.371. The van der Waals surface area contributed by atoms with Crippen molar-refractivity contribution in [2.75, 3.05) is 0 Å². The third kappa shape index (κ3) is 1.33. The Bertz CT molecular complexity index is 223. The summed E-state index contributed by atoms with van der Waals surface area (Å²) in [5.41, 5.74) is 5.18. The molecule has 0 saturated heterocycles. The molecule has 0 spiro atoms. The van der Waals surface area contributed by atoms with Gasteiger partial charge in [-0.25, -0.2) is 0 Å². The second kappa shape index (κ2) is 2.05. The van der Waals surface area contributed by atoms with Gasteiger partial charge in [0.2, 0.25) is 5.89 Å². The minimum Gasteiger partial charge on any atom is -0.340 e. The maximum atomic E-state index is 5.69. The van der Waals surface area contributed by atoms with Crippen molar-refractivity contribution in [3.63, 3.8) is 0 Å². The van der Waals surface area contributed by atoms with Gasteiger partial charge in [0.15, 0.2) is 5.82 Å². The average Bonchev–Trinajstić information content (AvgIpc) is 2.11. The molecular weight excluding hydrogens is 130 g/mol. The smallest absolute Gasteiger partial charge is 0.223 e. The SMILES string of the molecule is Cc1nc(C(C)(C)N)no1. The summed E-state index contributed by atoms with van der Waals surface area (Å²) in [6, 6.07) is 0. The van der Waals surface area contributed by atoms with Crippen LogP contribution in [0.15, 0.2) is 4.52 Å². The number of nitrogens with two attached hydrogens (primary N) is 1. The van der Waals surface area contributed by atoms with Crippen LogP contribution in [-0.2, 0) is 5.54 Å². The standard InChI is InChI=1S/C6H11N3O/c1-4-8-5(9-10-4)6(2,3)7/h7H2,1-3H3. The second-order valence-corrected chi connectivity index (χ2v) is 2.86. The van der Waals surface area contributed by atoms with Crippen LogP contribution in [0.5, 0.6) is 0 Å². The van der Waals surface area contributed by atoms with Crippen molar-refractivity contribution in [3.05, 3.63) is 11.7 Å². The summed E-state index contributed by atoms with van der Waals surface area (Å²) < 4.78 is 4.75. The Morgan fingerprint density at radius 2 is 2.10 bits per heavy atom. The molecule has 1 heterocycles. The van der Waals surface area contributed by atoms with Crippen LogP contribution in [-0.4, -0.2) is 10.1 Å². The van der Waals surface area contributed by atoms with Crippen molar-refractivity contribution in [2.45, 2.75) is 26.3 Å². The molecule has 1 rings (SSSR count). The van der Waals surface area contributed by atoms with Crippen molar-refractivity contribution < 1.29 is 4.52 Å². The lowest BCUT2D eigenvalue weighted by atomic mass is 10.1. The number of aromatic nitrogens is 2. The zero-order valence-electron chi connectivity index (χ0n) is 6.38. The summed E-state index contributed by atoms with van der Waals surface area (Å²) in [4.78, 5) is 3.98. The number of rotatable bonds is 1. The molecule has 0 bridgehead atoms. The van der Waals surface area contributed by atoms with Gasteiger partial charge in [-0.15, -0.1) is 0 Å². The Hall–Kier alpha value is -0.900. The normalized spacial score (nSPS) is 12.0. The van der Waals surface area contributed by atoms with E-state index in [9.17, 15) is 0 Å². The minimum atomic E-state index is -0.502. The number of aryl methyl sites for hydroxylation is 1. The quantitative estimate of drug-likeness (QED) is 0.621. The first kappa shape index (κ1) is 7.21. The Morgan fingerprint density at radius 1 is 1.50 bits per heavy atom. The molecule has 0 unspecified atom stereocenters. The second-order valence-electron chi connectivity index (χ2n) is 2.86. The molecule has 10 heavy (non-hydrogen) atoms. The van der Waals surface area contributed by atoms with Gasteiger partial charge in [0.25, 0.3) is 0 Å². The first-order valence-electron chi connectivity index (χ1n) is 3.10. The largest absolute Gasteiger partial charge is 0.340 e. The Morgan fingerprint density at radius 3 is 2.30 bits per heavy atom. The van der Waals surface area contributed by atoms with Crippen molar-refractivity contribution in [1.82, 2.24) is 10.1 Å². The lowest BCUT2D eigenvalue weighted by Crippen LogP contribution is -2.30. The van der Waals surface area contributed by atoms with Crippen LogP contribution in [0.1, 0.15) is 25.6 Å². The fraction of sp³-hybridized carbons (Fsp3) is 0.667. The third-order valence-corrected chi connectivity index (χ3v) is 1.10. The highest BCUT2D eigenvalue weighted by molar-refractivity contribution is 4.97. The molecule has 0 atom stereocenters.